The number of piperidine rings is 1. The molecule has 1 N–H and O–H groups in total. The summed E-state index contributed by atoms with van der Waals surface area (Å²) in [5.41, 5.74) is 0.822. The van der Waals surface area contributed by atoms with Gasteiger partial charge in [0.1, 0.15) is 6.04 Å². The average Bonchev–Trinajstić information content (AvgIpc) is 3.59. The number of nitrogens with one attached hydrogen (secondary N) is 1. The molecule has 0 radical (unpaired) electrons. The van der Waals surface area contributed by atoms with Gasteiger partial charge in [-0.05, 0) is 61.7 Å². The van der Waals surface area contributed by atoms with Crippen LogP contribution in [0.5, 0.6) is 0 Å². The van der Waals surface area contributed by atoms with Crippen molar-refractivity contribution in [2.75, 3.05) is 18.4 Å². The number of aromatic nitrogens is 2. The number of nitrogens with zero attached hydrogens (tertiary/aromatic N) is 3. The monoisotopic (exact) mass is 396 g/mol. The zero-order valence-corrected chi connectivity index (χ0v) is 17.8. The van der Waals surface area contributed by atoms with Crippen molar-refractivity contribution in [3.8, 4) is 0 Å². The molecule has 5 rings (SSSR count). The van der Waals surface area contributed by atoms with Gasteiger partial charge in [-0.3, -0.25) is 4.79 Å². The Hall–Kier alpha value is -2.11. The molecule has 4 atom stereocenters. The molecule has 0 bridgehead atoms. The summed E-state index contributed by atoms with van der Waals surface area (Å²) >= 11 is 0. The third-order valence-electron chi connectivity index (χ3n) is 8.34. The number of rotatable bonds is 5. The van der Waals surface area contributed by atoms with E-state index in [4.69, 9.17) is 4.42 Å². The Morgan fingerprint density at radius 2 is 1.97 bits per heavy atom. The van der Waals surface area contributed by atoms with Gasteiger partial charge in [0.15, 0.2) is 0 Å². The van der Waals surface area contributed by atoms with Crippen LogP contribution in [-0.4, -0.2) is 40.1 Å². The summed E-state index contributed by atoms with van der Waals surface area (Å²) in [6, 6.07) is 0.001000. The maximum atomic E-state index is 12.8. The molecule has 1 spiro atoms. The number of anilines is 1. The van der Waals surface area contributed by atoms with Crippen LogP contribution in [-0.2, 0) is 4.79 Å². The van der Waals surface area contributed by atoms with Gasteiger partial charge in [0.05, 0.1) is 0 Å². The van der Waals surface area contributed by atoms with Crippen LogP contribution in [0, 0.1) is 16.2 Å². The molecule has 2 saturated carbocycles. The number of likely N-dealkylation sites (tertiary alicyclic amines) is 1. The summed E-state index contributed by atoms with van der Waals surface area (Å²) in [7, 11) is 0. The van der Waals surface area contributed by atoms with Crippen molar-refractivity contribution in [3.63, 3.8) is 0 Å². The second-order valence-electron chi connectivity index (χ2n) is 10.2. The molecule has 1 aromatic rings. The van der Waals surface area contributed by atoms with Crippen LogP contribution in [0.25, 0.3) is 0 Å². The smallest absolute Gasteiger partial charge is 0.316 e. The Morgan fingerprint density at radius 1 is 1.21 bits per heavy atom. The molecule has 6 heteroatoms. The molecule has 29 heavy (non-hydrogen) atoms. The maximum absolute atomic E-state index is 12.8. The van der Waals surface area contributed by atoms with Crippen molar-refractivity contribution in [1.29, 1.82) is 0 Å². The highest BCUT2D eigenvalue weighted by Gasteiger charge is 2.62. The molecular weight excluding hydrogens is 364 g/mol. The summed E-state index contributed by atoms with van der Waals surface area (Å²) in [6.07, 6.45) is 15.9. The van der Waals surface area contributed by atoms with E-state index in [1.807, 2.05) is 11.8 Å². The second-order valence-corrected chi connectivity index (χ2v) is 10.2. The molecule has 0 aromatic carbocycles. The lowest BCUT2D eigenvalue weighted by molar-refractivity contribution is -0.133. The van der Waals surface area contributed by atoms with Crippen molar-refractivity contribution in [3.05, 3.63) is 30.2 Å². The van der Waals surface area contributed by atoms with Gasteiger partial charge in [-0.2, -0.15) is 0 Å². The van der Waals surface area contributed by atoms with E-state index >= 15 is 0 Å². The summed E-state index contributed by atoms with van der Waals surface area (Å²) in [4.78, 5) is 14.8. The number of allylic oxidation sites excluding steroid dienone is 4. The molecule has 6 nitrogen and oxygen atoms in total. The van der Waals surface area contributed by atoms with Crippen LogP contribution in [0.15, 0.2) is 28.7 Å². The average molecular weight is 397 g/mol. The molecule has 2 heterocycles. The van der Waals surface area contributed by atoms with Gasteiger partial charge in [0.25, 0.3) is 0 Å². The van der Waals surface area contributed by atoms with Crippen LogP contribution in [0.3, 0.4) is 0 Å². The molecular formula is C23H32N4O2. The summed E-state index contributed by atoms with van der Waals surface area (Å²) in [5.74, 6) is 1.09. The van der Waals surface area contributed by atoms with Gasteiger partial charge < -0.3 is 14.6 Å². The number of carbonyl (C=O) groups is 1. The van der Waals surface area contributed by atoms with Crippen LogP contribution >= 0.6 is 0 Å². The van der Waals surface area contributed by atoms with E-state index in [9.17, 15) is 4.79 Å². The first kappa shape index (κ1) is 18.9. The molecule has 156 valence electrons. The third kappa shape index (κ3) is 3.21. The van der Waals surface area contributed by atoms with E-state index in [0.717, 1.165) is 38.8 Å². The highest BCUT2D eigenvalue weighted by atomic mass is 16.4. The molecule has 1 amide bonds. The van der Waals surface area contributed by atoms with Gasteiger partial charge in [-0.25, -0.2) is 0 Å². The predicted molar refractivity (Wildman–Crippen MR) is 111 cm³/mol. The molecule has 1 aliphatic heterocycles. The predicted octanol–water partition coefficient (Wildman–Crippen LogP) is 4.29. The summed E-state index contributed by atoms with van der Waals surface area (Å²) in [6.45, 7) is 8.26. The zero-order valence-electron chi connectivity index (χ0n) is 17.8. The van der Waals surface area contributed by atoms with E-state index in [1.165, 1.54) is 12.8 Å². The Kier molecular flexibility index (Phi) is 4.20. The number of amides is 1. The lowest BCUT2D eigenvalue weighted by Gasteiger charge is -2.34. The van der Waals surface area contributed by atoms with E-state index in [0.29, 0.717) is 17.3 Å². The SMILES string of the molecule is C[C@@H](Nc1nnc([C@H]2C[C@]2(C)C2(C)C=CC=CC2)o1)C(=O)N1CCC2(CC1)CC2. The molecule has 1 unspecified atom stereocenters. The molecule has 3 fully saturated rings. The lowest BCUT2D eigenvalue weighted by atomic mass is 9.70. The van der Waals surface area contributed by atoms with Crippen LogP contribution < -0.4 is 5.32 Å². The molecule has 4 aliphatic rings. The minimum Gasteiger partial charge on any atom is -0.408 e. The van der Waals surface area contributed by atoms with Crippen molar-refractivity contribution in [2.24, 2.45) is 16.2 Å². The standard InChI is InChI=1S/C23H32N4O2/c1-16(19(28)27-13-11-23(9-10-23)12-14-27)24-20-26-25-18(29-20)17-15-22(17,3)21(2)7-5-4-6-8-21/h4-7,16-17H,8-15H2,1-3H3,(H,24,26)/t16-,17-,21?,22+/m1/s1. The molecule has 1 saturated heterocycles. The van der Waals surface area contributed by atoms with Crippen LogP contribution in [0.2, 0.25) is 0 Å². The number of carbonyl (C=O) groups excluding carboxylic acids is 1. The van der Waals surface area contributed by atoms with E-state index in [1.54, 1.807) is 0 Å². The number of hydrogen-bond acceptors (Lipinski definition) is 5. The van der Waals surface area contributed by atoms with E-state index in [2.05, 4.69) is 53.7 Å². The van der Waals surface area contributed by atoms with Crippen molar-refractivity contribution < 1.29 is 9.21 Å². The van der Waals surface area contributed by atoms with Gasteiger partial charge >= 0.3 is 6.01 Å². The minimum atomic E-state index is -0.355. The van der Waals surface area contributed by atoms with Gasteiger partial charge in [0.2, 0.25) is 11.8 Å². The van der Waals surface area contributed by atoms with Crippen molar-refractivity contribution in [2.45, 2.75) is 71.3 Å². The van der Waals surface area contributed by atoms with Gasteiger partial charge in [0, 0.05) is 19.0 Å². The fourth-order valence-electron chi connectivity index (χ4n) is 5.34. The second kappa shape index (κ2) is 6.44. The fraction of sp³-hybridized carbons (Fsp3) is 0.696. The van der Waals surface area contributed by atoms with Gasteiger partial charge in [-0.15, -0.1) is 5.10 Å². The minimum absolute atomic E-state index is 0.116. The summed E-state index contributed by atoms with van der Waals surface area (Å²) in [5, 5.41) is 11.6. The maximum Gasteiger partial charge on any atom is 0.316 e. The Bertz CT molecular complexity index is 860. The van der Waals surface area contributed by atoms with E-state index in [-0.39, 0.29) is 28.7 Å². The Labute approximate surface area is 172 Å². The first-order chi connectivity index (χ1) is 13.8. The zero-order chi connectivity index (χ0) is 20.3. The van der Waals surface area contributed by atoms with E-state index < -0.39 is 0 Å². The van der Waals surface area contributed by atoms with Gasteiger partial charge in [-0.1, -0.05) is 43.3 Å². The topological polar surface area (TPSA) is 71.3 Å². The van der Waals surface area contributed by atoms with Crippen molar-refractivity contribution in [1.82, 2.24) is 15.1 Å². The highest BCUT2D eigenvalue weighted by molar-refractivity contribution is 5.83. The van der Waals surface area contributed by atoms with Crippen LogP contribution in [0.4, 0.5) is 6.01 Å². The summed E-state index contributed by atoms with van der Waals surface area (Å²) < 4.78 is 5.94. The normalized spacial score (nSPS) is 35.6. The molecule has 3 aliphatic carbocycles. The fourth-order valence-corrected chi connectivity index (χ4v) is 5.34. The Balaban J connectivity index is 1.19. The third-order valence-corrected chi connectivity index (χ3v) is 8.34. The Morgan fingerprint density at radius 3 is 2.62 bits per heavy atom. The first-order valence-electron chi connectivity index (χ1n) is 11.1. The van der Waals surface area contributed by atoms with Crippen LogP contribution in [0.1, 0.15) is 71.1 Å². The number of hydrogen-bond donors (Lipinski definition) is 1. The van der Waals surface area contributed by atoms with Crippen molar-refractivity contribution >= 4 is 11.9 Å². The lowest BCUT2D eigenvalue weighted by Crippen LogP contribution is -2.45. The highest BCUT2D eigenvalue weighted by Crippen LogP contribution is 2.69. The first-order valence-corrected chi connectivity index (χ1v) is 11.1. The molecule has 1 aromatic heterocycles. The largest absolute Gasteiger partial charge is 0.408 e. The quantitative estimate of drug-likeness (QED) is 0.804.